The Morgan fingerprint density at radius 2 is 2.00 bits per heavy atom. The van der Waals surface area contributed by atoms with E-state index in [4.69, 9.17) is 14.0 Å². The van der Waals surface area contributed by atoms with Gasteiger partial charge in [-0.3, -0.25) is 15.0 Å². The highest BCUT2D eigenvalue weighted by Crippen LogP contribution is 2.39. The summed E-state index contributed by atoms with van der Waals surface area (Å²) in [5.74, 6) is 1.34. The van der Waals surface area contributed by atoms with Gasteiger partial charge in [-0.1, -0.05) is 25.9 Å². The number of ether oxygens (including phenoxy) is 2. The average Bonchev–Trinajstić information content (AvgIpc) is 3.09. The number of nitrogens with zero attached hydrogens (tertiary/aromatic N) is 2. The number of anilines is 1. The van der Waals surface area contributed by atoms with Gasteiger partial charge in [-0.05, 0) is 12.1 Å². The molecule has 8 heteroatoms. The Hall–Kier alpha value is -2.58. The van der Waals surface area contributed by atoms with Crippen molar-refractivity contribution in [3.8, 4) is 11.5 Å². The van der Waals surface area contributed by atoms with E-state index >= 15 is 0 Å². The number of nitrogens with one attached hydrogen (secondary N) is 1. The van der Waals surface area contributed by atoms with E-state index in [1.54, 1.807) is 32.4 Å². The average molecular weight is 389 g/mol. The largest absolute Gasteiger partial charge is 0.496 e. The highest BCUT2D eigenvalue weighted by atomic mass is 16.5. The number of benzene rings is 1. The molecule has 0 saturated carbocycles. The van der Waals surface area contributed by atoms with E-state index < -0.39 is 6.10 Å². The zero-order valence-corrected chi connectivity index (χ0v) is 16.9. The fourth-order valence-electron chi connectivity index (χ4n) is 3.33. The van der Waals surface area contributed by atoms with Crippen LogP contribution in [0.25, 0.3) is 0 Å². The van der Waals surface area contributed by atoms with Gasteiger partial charge in [0.25, 0.3) is 0 Å². The monoisotopic (exact) mass is 389 g/mol. The van der Waals surface area contributed by atoms with Crippen LogP contribution in [0.3, 0.4) is 0 Å². The summed E-state index contributed by atoms with van der Waals surface area (Å²) >= 11 is 0. The van der Waals surface area contributed by atoms with Gasteiger partial charge in [0.1, 0.15) is 11.5 Å². The lowest BCUT2D eigenvalue weighted by Gasteiger charge is -2.33. The number of aliphatic hydroxyl groups excluding tert-OH is 1. The Balaban J connectivity index is 1.71. The van der Waals surface area contributed by atoms with Crippen molar-refractivity contribution in [2.75, 3.05) is 32.6 Å². The molecule has 1 aromatic heterocycles. The highest BCUT2D eigenvalue weighted by Gasteiger charge is 2.30. The van der Waals surface area contributed by atoms with E-state index in [9.17, 15) is 9.90 Å². The number of rotatable bonds is 5. The highest BCUT2D eigenvalue weighted by molar-refractivity contribution is 5.91. The van der Waals surface area contributed by atoms with Crippen LogP contribution in [0.2, 0.25) is 0 Å². The molecule has 1 aliphatic heterocycles. The number of aliphatic hydroxyl groups is 1. The summed E-state index contributed by atoms with van der Waals surface area (Å²) in [4.78, 5) is 14.3. The van der Waals surface area contributed by atoms with Crippen LogP contribution in [0.4, 0.5) is 5.88 Å². The standard InChI is InChI=1S/C20H27N3O5/c1-20(2,3)16-8-18(28-22-16)21-17(25)11-23-9-12-14(26-4)6-7-15(27-5)19(12)13(24)10-23/h6-8,13,24H,9-11H2,1-5H3,(H,21,25)/t13-/m1/s1. The summed E-state index contributed by atoms with van der Waals surface area (Å²) < 4.78 is 16.0. The van der Waals surface area contributed by atoms with Gasteiger partial charge in [-0.2, -0.15) is 0 Å². The lowest BCUT2D eigenvalue weighted by atomic mass is 9.92. The number of methoxy groups -OCH3 is 2. The maximum Gasteiger partial charge on any atom is 0.240 e. The number of hydrogen-bond acceptors (Lipinski definition) is 7. The van der Waals surface area contributed by atoms with Gasteiger partial charge in [0.05, 0.1) is 32.6 Å². The Labute approximate surface area is 164 Å². The lowest BCUT2D eigenvalue weighted by molar-refractivity contribution is -0.118. The molecule has 0 spiro atoms. The molecule has 2 N–H and O–H groups in total. The Kier molecular flexibility index (Phi) is 5.62. The quantitative estimate of drug-likeness (QED) is 0.811. The number of carbonyl (C=O) groups is 1. The predicted molar refractivity (Wildman–Crippen MR) is 104 cm³/mol. The molecule has 1 aliphatic rings. The first-order valence-corrected chi connectivity index (χ1v) is 9.14. The van der Waals surface area contributed by atoms with Gasteiger partial charge in [0.15, 0.2) is 0 Å². The summed E-state index contributed by atoms with van der Waals surface area (Å²) in [6, 6.07) is 5.31. The molecule has 0 radical (unpaired) electrons. The molecular weight excluding hydrogens is 362 g/mol. The van der Waals surface area contributed by atoms with Crippen molar-refractivity contribution in [3.63, 3.8) is 0 Å². The van der Waals surface area contributed by atoms with Crippen LogP contribution >= 0.6 is 0 Å². The van der Waals surface area contributed by atoms with Gasteiger partial charge in [0.2, 0.25) is 11.8 Å². The zero-order chi connectivity index (χ0) is 20.5. The van der Waals surface area contributed by atoms with Gasteiger partial charge < -0.3 is 19.1 Å². The third-order valence-corrected chi connectivity index (χ3v) is 4.77. The van der Waals surface area contributed by atoms with Gasteiger partial charge in [-0.25, -0.2) is 0 Å². The van der Waals surface area contributed by atoms with Crippen LogP contribution in [0.1, 0.15) is 43.7 Å². The first-order chi connectivity index (χ1) is 13.2. The summed E-state index contributed by atoms with van der Waals surface area (Å²) in [6.07, 6.45) is -0.778. The number of fused-ring (bicyclic) bond motifs is 1. The van der Waals surface area contributed by atoms with Crippen molar-refractivity contribution in [1.82, 2.24) is 10.1 Å². The van der Waals surface area contributed by atoms with E-state index in [-0.39, 0.29) is 17.9 Å². The Bertz CT molecular complexity index is 856. The molecule has 0 saturated heterocycles. The molecule has 2 heterocycles. The summed E-state index contributed by atoms with van der Waals surface area (Å²) in [7, 11) is 3.15. The molecule has 1 atom stereocenters. The van der Waals surface area contributed by atoms with E-state index in [0.717, 1.165) is 11.3 Å². The fraction of sp³-hybridized carbons (Fsp3) is 0.500. The van der Waals surface area contributed by atoms with Crippen LogP contribution in [-0.2, 0) is 16.8 Å². The number of carbonyl (C=O) groups excluding carboxylic acids is 1. The van der Waals surface area contributed by atoms with Gasteiger partial charge in [0, 0.05) is 35.7 Å². The summed E-state index contributed by atoms with van der Waals surface area (Å²) in [5.41, 5.74) is 2.14. The number of β-amino-alcohol motifs (C(OH)–C–C–N with tert-alkyl or cyclic N) is 1. The molecular formula is C20H27N3O5. The number of aromatic nitrogens is 1. The molecule has 28 heavy (non-hydrogen) atoms. The van der Waals surface area contributed by atoms with Crippen LogP contribution in [0.5, 0.6) is 11.5 Å². The second-order valence-electron chi connectivity index (χ2n) is 7.92. The maximum atomic E-state index is 12.5. The first-order valence-electron chi connectivity index (χ1n) is 9.14. The van der Waals surface area contributed by atoms with E-state index in [2.05, 4.69) is 10.5 Å². The normalized spacial score (nSPS) is 17.1. The topological polar surface area (TPSA) is 97.1 Å². The third-order valence-electron chi connectivity index (χ3n) is 4.77. The zero-order valence-electron chi connectivity index (χ0n) is 16.9. The van der Waals surface area contributed by atoms with Crippen molar-refractivity contribution in [2.45, 2.75) is 38.8 Å². The van der Waals surface area contributed by atoms with E-state index in [0.29, 0.717) is 36.0 Å². The molecule has 3 rings (SSSR count). The molecule has 0 bridgehead atoms. The van der Waals surface area contributed by atoms with Gasteiger partial charge >= 0.3 is 0 Å². The maximum absolute atomic E-state index is 12.5. The molecule has 1 aromatic carbocycles. The number of hydrogen-bond donors (Lipinski definition) is 2. The van der Waals surface area contributed by atoms with E-state index in [1.165, 1.54) is 0 Å². The molecule has 2 aromatic rings. The second kappa shape index (κ2) is 7.81. The van der Waals surface area contributed by atoms with Gasteiger partial charge in [-0.15, -0.1) is 0 Å². The summed E-state index contributed by atoms with van der Waals surface area (Å²) in [6.45, 7) is 6.93. The Morgan fingerprint density at radius 1 is 1.32 bits per heavy atom. The minimum Gasteiger partial charge on any atom is -0.496 e. The lowest BCUT2D eigenvalue weighted by Crippen LogP contribution is -2.39. The van der Waals surface area contributed by atoms with Crippen molar-refractivity contribution >= 4 is 11.8 Å². The molecule has 1 amide bonds. The van der Waals surface area contributed by atoms with Crippen molar-refractivity contribution in [3.05, 3.63) is 35.0 Å². The molecule has 152 valence electrons. The van der Waals surface area contributed by atoms with Crippen LogP contribution < -0.4 is 14.8 Å². The molecule has 8 nitrogen and oxygen atoms in total. The van der Waals surface area contributed by atoms with Crippen LogP contribution in [-0.4, -0.2) is 48.4 Å². The molecule has 0 unspecified atom stereocenters. The number of amides is 1. The smallest absolute Gasteiger partial charge is 0.240 e. The van der Waals surface area contributed by atoms with Crippen LogP contribution in [0, 0.1) is 0 Å². The third kappa shape index (κ3) is 4.13. The van der Waals surface area contributed by atoms with Crippen LogP contribution in [0.15, 0.2) is 22.7 Å². The van der Waals surface area contributed by atoms with Crippen molar-refractivity contribution < 1.29 is 23.9 Å². The van der Waals surface area contributed by atoms with Crippen molar-refractivity contribution in [1.29, 1.82) is 0 Å². The Morgan fingerprint density at radius 3 is 2.61 bits per heavy atom. The van der Waals surface area contributed by atoms with Crippen molar-refractivity contribution in [2.24, 2.45) is 0 Å². The first kappa shape index (κ1) is 20.2. The minimum absolute atomic E-state index is 0.0996. The summed E-state index contributed by atoms with van der Waals surface area (Å²) in [5, 5.41) is 17.3. The molecule has 0 fully saturated rings. The minimum atomic E-state index is -0.778. The second-order valence-corrected chi connectivity index (χ2v) is 7.92. The SMILES string of the molecule is COc1ccc(OC)c2c1CN(CC(=O)Nc1cc(C(C)(C)C)no1)C[C@H]2O. The fourth-order valence-corrected chi connectivity index (χ4v) is 3.33. The molecule has 0 aliphatic carbocycles. The van der Waals surface area contributed by atoms with E-state index in [1.807, 2.05) is 25.7 Å². The predicted octanol–water partition coefficient (Wildman–Crippen LogP) is 2.48.